The molecule has 2 atom stereocenters. The van der Waals surface area contributed by atoms with Crippen LogP contribution >= 0.6 is 0 Å². The molecule has 0 bridgehead atoms. The summed E-state index contributed by atoms with van der Waals surface area (Å²) in [5.74, 6) is 2.38. The maximum atomic E-state index is 12.5. The largest absolute Gasteiger partial charge is 0.493 e. The smallest absolute Gasteiger partial charge is 0.223 e. The van der Waals surface area contributed by atoms with Gasteiger partial charge in [-0.1, -0.05) is 12.8 Å². The fraction of sp³-hybridized carbons (Fsp3) is 0.611. The van der Waals surface area contributed by atoms with E-state index in [1.54, 1.807) is 14.2 Å². The molecule has 0 unspecified atom stereocenters. The number of fused-ring (bicyclic) bond motifs is 1. The van der Waals surface area contributed by atoms with Crippen LogP contribution in [0.2, 0.25) is 0 Å². The zero-order valence-corrected chi connectivity index (χ0v) is 13.4. The highest BCUT2D eigenvalue weighted by molar-refractivity contribution is 5.81. The van der Waals surface area contributed by atoms with Crippen molar-refractivity contribution in [3.8, 4) is 11.5 Å². The Morgan fingerprint density at radius 2 is 1.95 bits per heavy atom. The molecule has 1 amide bonds. The molecule has 1 aliphatic carbocycles. The second kappa shape index (κ2) is 4.90. The van der Waals surface area contributed by atoms with Crippen molar-refractivity contribution in [1.29, 1.82) is 0 Å². The molecule has 2 aliphatic heterocycles. The van der Waals surface area contributed by atoms with Crippen molar-refractivity contribution in [3.63, 3.8) is 0 Å². The average Bonchev–Trinajstić information content (AvgIpc) is 2.86. The van der Waals surface area contributed by atoms with E-state index in [1.165, 1.54) is 24.0 Å². The quantitative estimate of drug-likeness (QED) is 0.843. The molecular weight excluding hydrogens is 278 g/mol. The fourth-order valence-electron chi connectivity index (χ4n) is 4.99. The van der Waals surface area contributed by atoms with Crippen LogP contribution in [-0.2, 0) is 16.8 Å². The third kappa shape index (κ3) is 1.67. The summed E-state index contributed by atoms with van der Waals surface area (Å²) in [5.41, 5.74) is 2.56. The molecule has 1 aromatic carbocycles. The average molecular weight is 301 g/mol. The number of carbonyl (C=O) groups is 1. The van der Waals surface area contributed by atoms with E-state index in [-0.39, 0.29) is 5.54 Å². The number of benzene rings is 1. The first-order valence-electron chi connectivity index (χ1n) is 8.26. The molecule has 1 aromatic rings. The lowest BCUT2D eigenvalue weighted by Crippen LogP contribution is -2.52. The van der Waals surface area contributed by atoms with Gasteiger partial charge in [0, 0.05) is 13.0 Å². The molecule has 1 saturated carbocycles. The lowest BCUT2D eigenvalue weighted by molar-refractivity contribution is -0.132. The van der Waals surface area contributed by atoms with Gasteiger partial charge in [-0.25, -0.2) is 0 Å². The van der Waals surface area contributed by atoms with Gasteiger partial charge in [-0.3, -0.25) is 4.79 Å². The standard InChI is InChI=1S/C18H23NO3/c1-21-15-9-12-6-8-19-17(20)10-13-5-3-4-7-18(13,19)14(12)11-16(15)22-2/h9,11,13H,3-8,10H2,1-2H3/t13-,18-/m0/s1. The second-order valence-electron chi connectivity index (χ2n) is 6.73. The van der Waals surface area contributed by atoms with Gasteiger partial charge in [-0.15, -0.1) is 0 Å². The van der Waals surface area contributed by atoms with E-state index < -0.39 is 0 Å². The summed E-state index contributed by atoms with van der Waals surface area (Å²) >= 11 is 0. The predicted octanol–water partition coefficient (Wildman–Crippen LogP) is 2.88. The number of nitrogens with zero attached hydrogens (tertiary/aromatic N) is 1. The summed E-state index contributed by atoms with van der Waals surface area (Å²) in [7, 11) is 3.36. The fourth-order valence-corrected chi connectivity index (χ4v) is 4.99. The SMILES string of the molecule is COc1cc2c(cc1OC)[C@]13CCCC[C@H]1CC(=O)N3CC2. The normalized spacial score (nSPS) is 29.6. The lowest BCUT2D eigenvalue weighted by Gasteiger charge is -2.49. The molecule has 2 heterocycles. The van der Waals surface area contributed by atoms with Crippen LogP contribution in [0.1, 0.15) is 43.2 Å². The Balaban J connectivity index is 1.91. The third-order valence-corrected chi connectivity index (χ3v) is 5.92. The van der Waals surface area contributed by atoms with Crippen LogP contribution in [0.4, 0.5) is 0 Å². The van der Waals surface area contributed by atoms with Crippen LogP contribution in [0.5, 0.6) is 11.5 Å². The Morgan fingerprint density at radius 1 is 1.18 bits per heavy atom. The summed E-state index contributed by atoms with van der Waals surface area (Å²) < 4.78 is 11.0. The Hall–Kier alpha value is -1.71. The number of carbonyl (C=O) groups excluding carboxylic acids is 1. The number of hydrogen-bond acceptors (Lipinski definition) is 3. The zero-order chi connectivity index (χ0) is 15.3. The van der Waals surface area contributed by atoms with Gasteiger partial charge in [0.15, 0.2) is 11.5 Å². The van der Waals surface area contributed by atoms with E-state index in [4.69, 9.17) is 9.47 Å². The van der Waals surface area contributed by atoms with Crippen molar-refractivity contribution < 1.29 is 14.3 Å². The van der Waals surface area contributed by atoms with Gasteiger partial charge >= 0.3 is 0 Å². The molecular formula is C18H23NO3. The molecule has 0 radical (unpaired) electrons. The Bertz CT molecular complexity index is 627. The van der Waals surface area contributed by atoms with E-state index in [2.05, 4.69) is 17.0 Å². The molecule has 3 aliphatic rings. The Kier molecular flexibility index (Phi) is 3.10. The molecule has 4 nitrogen and oxygen atoms in total. The van der Waals surface area contributed by atoms with Crippen LogP contribution in [0.15, 0.2) is 12.1 Å². The minimum atomic E-state index is -0.0809. The van der Waals surface area contributed by atoms with Gasteiger partial charge in [0.2, 0.25) is 5.91 Å². The number of rotatable bonds is 2. The molecule has 22 heavy (non-hydrogen) atoms. The predicted molar refractivity (Wildman–Crippen MR) is 83.2 cm³/mol. The van der Waals surface area contributed by atoms with E-state index in [0.717, 1.165) is 37.3 Å². The van der Waals surface area contributed by atoms with Crippen molar-refractivity contribution in [2.45, 2.75) is 44.1 Å². The van der Waals surface area contributed by atoms with Gasteiger partial charge in [0.1, 0.15) is 0 Å². The Labute approximate surface area is 131 Å². The van der Waals surface area contributed by atoms with Gasteiger partial charge in [0.05, 0.1) is 19.8 Å². The number of amides is 1. The highest BCUT2D eigenvalue weighted by atomic mass is 16.5. The van der Waals surface area contributed by atoms with E-state index in [9.17, 15) is 4.79 Å². The molecule has 1 saturated heterocycles. The van der Waals surface area contributed by atoms with Crippen LogP contribution in [0, 0.1) is 5.92 Å². The number of ether oxygens (including phenoxy) is 2. The van der Waals surface area contributed by atoms with Crippen LogP contribution in [-0.4, -0.2) is 31.6 Å². The summed E-state index contributed by atoms with van der Waals surface area (Å²) in [6.45, 7) is 0.845. The van der Waals surface area contributed by atoms with Crippen LogP contribution in [0.25, 0.3) is 0 Å². The van der Waals surface area contributed by atoms with Gasteiger partial charge in [-0.2, -0.15) is 0 Å². The van der Waals surface area contributed by atoms with Crippen molar-refractivity contribution >= 4 is 5.91 Å². The van der Waals surface area contributed by atoms with Crippen molar-refractivity contribution in [1.82, 2.24) is 4.90 Å². The summed E-state index contributed by atoms with van der Waals surface area (Å²) in [4.78, 5) is 14.7. The number of hydrogen-bond donors (Lipinski definition) is 0. The zero-order valence-electron chi connectivity index (χ0n) is 13.4. The van der Waals surface area contributed by atoms with E-state index >= 15 is 0 Å². The van der Waals surface area contributed by atoms with Gasteiger partial charge in [0.25, 0.3) is 0 Å². The van der Waals surface area contributed by atoms with Gasteiger partial charge < -0.3 is 14.4 Å². The lowest BCUT2D eigenvalue weighted by atomic mass is 9.66. The first-order valence-corrected chi connectivity index (χ1v) is 8.26. The summed E-state index contributed by atoms with van der Waals surface area (Å²) in [5, 5.41) is 0. The van der Waals surface area contributed by atoms with E-state index in [0.29, 0.717) is 18.2 Å². The third-order valence-electron chi connectivity index (χ3n) is 5.92. The first kappa shape index (κ1) is 13.9. The topological polar surface area (TPSA) is 38.8 Å². The first-order chi connectivity index (χ1) is 10.7. The molecule has 4 rings (SSSR count). The Morgan fingerprint density at radius 3 is 2.73 bits per heavy atom. The minimum absolute atomic E-state index is 0.0809. The molecule has 0 N–H and O–H groups in total. The molecule has 2 fully saturated rings. The van der Waals surface area contributed by atoms with Gasteiger partial charge in [-0.05, 0) is 48.4 Å². The highest BCUT2D eigenvalue weighted by Crippen LogP contribution is 2.56. The van der Waals surface area contributed by atoms with E-state index in [1.807, 2.05) is 0 Å². The number of methoxy groups -OCH3 is 2. The van der Waals surface area contributed by atoms with Crippen molar-refractivity contribution in [2.75, 3.05) is 20.8 Å². The highest BCUT2D eigenvalue weighted by Gasteiger charge is 2.56. The van der Waals surface area contributed by atoms with Crippen molar-refractivity contribution in [2.24, 2.45) is 5.92 Å². The molecule has 0 aromatic heterocycles. The maximum absolute atomic E-state index is 12.5. The molecule has 4 heteroatoms. The minimum Gasteiger partial charge on any atom is -0.493 e. The molecule has 1 spiro atoms. The molecule has 118 valence electrons. The second-order valence-corrected chi connectivity index (χ2v) is 6.73. The van der Waals surface area contributed by atoms with Crippen LogP contribution < -0.4 is 9.47 Å². The monoisotopic (exact) mass is 301 g/mol. The maximum Gasteiger partial charge on any atom is 0.223 e. The summed E-state index contributed by atoms with van der Waals surface area (Å²) in [6, 6.07) is 4.26. The van der Waals surface area contributed by atoms with Crippen molar-refractivity contribution in [3.05, 3.63) is 23.3 Å². The summed E-state index contributed by atoms with van der Waals surface area (Å²) in [6.07, 6.45) is 6.33. The van der Waals surface area contributed by atoms with Crippen LogP contribution in [0.3, 0.4) is 0 Å².